The summed E-state index contributed by atoms with van der Waals surface area (Å²) in [6, 6.07) is 3.01. The number of carbonyl (C=O) groups is 2. The van der Waals surface area contributed by atoms with Gasteiger partial charge in [-0.2, -0.15) is 0 Å². The quantitative estimate of drug-likeness (QED) is 0.790. The molecule has 9 nitrogen and oxygen atoms in total. The number of carbonyl (C=O) groups excluding carboxylic acids is 2. The lowest BCUT2D eigenvalue weighted by Crippen LogP contribution is -2.48. The van der Waals surface area contributed by atoms with Gasteiger partial charge in [0.2, 0.25) is 10.0 Å². The maximum Gasteiger partial charge on any atom is 0.338 e. The van der Waals surface area contributed by atoms with Gasteiger partial charge in [-0.1, -0.05) is 17.7 Å². The largest absolute Gasteiger partial charge is 0.338 e. The molecule has 0 saturated heterocycles. The van der Waals surface area contributed by atoms with Crippen LogP contribution in [-0.2, 0) is 20.0 Å². The molecule has 0 unspecified atom stereocenters. The molecule has 1 aromatic carbocycles. The van der Waals surface area contributed by atoms with Gasteiger partial charge in [-0.3, -0.25) is 5.32 Å². The summed E-state index contributed by atoms with van der Waals surface area (Å²) in [5.74, 6) is 0. The minimum Gasteiger partial charge on any atom is -0.258 e. The van der Waals surface area contributed by atoms with Crippen molar-refractivity contribution < 1.29 is 26.4 Å². The molecule has 0 spiro atoms. The third-order valence-electron chi connectivity index (χ3n) is 2.56. The zero-order chi connectivity index (χ0) is 17.1. The predicted molar refractivity (Wildman–Crippen MR) is 78.0 cm³/mol. The van der Waals surface area contributed by atoms with Crippen molar-refractivity contribution in [3.8, 4) is 0 Å². The van der Waals surface area contributed by atoms with E-state index in [1.807, 2.05) is 0 Å². The molecule has 0 aliphatic rings. The lowest BCUT2D eigenvalue weighted by atomic mass is 10.2. The highest BCUT2D eigenvalue weighted by Crippen LogP contribution is 2.09. The molecular weight excluding hydrogens is 334 g/mol. The van der Waals surface area contributed by atoms with Crippen LogP contribution >= 0.6 is 0 Å². The van der Waals surface area contributed by atoms with E-state index in [0.29, 0.717) is 0 Å². The summed E-state index contributed by atoms with van der Waals surface area (Å²) < 4.78 is 47.9. The minimum atomic E-state index is -4.17. The Kier molecular flexibility index (Phi) is 5.14. The molecule has 0 aromatic heterocycles. The summed E-state index contributed by atoms with van der Waals surface area (Å²) in [5.41, 5.74) is 0.827. The maximum absolute atomic E-state index is 11.9. The Labute approximate surface area is 128 Å². The molecule has 122 valence electrons. The predicted octanol–water partition coefficient (Wildman–Crippen LogP) is -0.00568. The number of nitrogens with zero attached hydrogens (tertiary/aromatic N) is 1. The average Bonchev–Trinajstić information content (AvgIpc) is 2.36. The number of hydrogen-bond donors (Lipinski definition) is 2. The average molecular weight is 349 g/mol. The van der Waals surface area contributed by atoms with E-state index < -0.39 is 32.1 Å². The van der Waals surface area contributed by atoms with Gasteiger partial charge in [0, 0.05) is 7.05 Å². The Balaban J connectivity index is 2.80. The molecule has 0 saturated carbocycles. The highest BCUT2D eigenvalue weighted by atomic mass is 32.2. The Morgan fingerprint density at radius 1 is 1.05 bits per heavy atom. The molecule has 1 aromatic rings. The van der Waals surface area contributed by atoms with Crippen LogP contribution in [0.4, 0.5) is 9.59 Å². The van der Waals surface area contributed by atoms with Gasteiger partial charge < -0.3 is 0 Å². The van der Waals surface area contributed by atoms with Crippen LogP contribution in [0.15, 0.2) is 29.2 Å². The molecule has 22 heavy (non-hydrogen) atoms. The molecule has 0 aliphatic carbocycles. The number of hydrogen-bond acceptors (Lipinski definition) is 6. The molecule has 0 radical (unpaired) electrons. The van der Waals surface area contributed by atoms with Gasteiger partial charge in [-0.25, -0.2) is 35.5 Å². The second-order valence-electron chi connectivity index (χ2n) is 4.41. The van der Waals surface area contributed by atoms with Crippen molar-refractivity contribution in [1.29, 1.82) is 0 Å². The summed E-state index contributed by atoms with van der Waals surface area (Å²) in [4.78, 5) is 22.8. The van der Waals surface area contributed by atoms with Crippen LogP contribution in [-0.4, -0.2) is 46.5 Å². The van der Waals surface area contributed by atoms with E-state index in [1.165, 1.54) is 24.3 Å². The van der Waals surface area contributed by atoms with Crippen LogP contribution < -0.4 is 10.0 Å². The van der Waals surface area contributed by atoms with Crippen LogP contribution in [0.25, 0.3) is 0 Å². The number of benzene rings is 1. The van der Waals surface area contributed by atoms with Crippen molar-refractivity contribution in [3.05, 3.63) is 29.8 Å². The molecule has 2 N–H and O–H groups in total. The van der Waals surface area contributed by atoms with Crippen molar-refractivity contribution in [3.63, 3.8) is 0 Å². The van der Waals surface area contributed by atoms with Crippen LogP contribution in [0.3, 0.4) is 0 Å². The number of nitrogens with one attached hydrogen (secondary N) is 2. The summed E-state index contributed by atoms with van der Waals surface area (Å²) in [7, 11) is -7.10. The third kappa shape index (κ3) is 4.70. The SMILES string of the molecule is Cc1ccc(S(=O)(=O)NC(=O)NC(=O)N(C)S(C)(=O)=O)cc1. The molecule has 0 bridgehead atoms. The van der Waals surface area contributed by atoms with Crippen LogP contribution in [0.5, 0.6) is 0 Å². The molecule has 0 heterocycles. The highest BCUT2D eigenvalue weighted by molar-refractivity contribution is 7.90. The van der Waals surface area contributed by atoms with E-state index in [-0.39, 0.29) is 9.20 Å². The van der Waals surface area contributed by atoms with Gasteiger partial charge >= 0.3 is 12.1 Å². The lowest BCUT2D eigenvalue weighted by Gasteiger charge is -2.15. The molecule has 11 heteroatoms. The van der Waals surface area contributed by atoms with E-state index in [4.69, 9.17) is 0 Å². The van der Waals surface area contributed by atoms with E-state index in [9.17, 15) is 26.4 Å². The standard InChI is InChI=1S/C11H15N3O6S2/c1-8-4-6-9(7-5-8)22(19,20)13-10(15)12-11(16)14(2)21(3,17)18/h4-7H,1-3H3,(H2,12,13,15,16). The first kappa shape index (κ1) is 17.9. The van der Waals surface area contributed by atoms with E-state index in [0.717, 1.165) is 18.9 Å². The van der Waals surface area contributed by atoms with Crippen LogP contribution in [0.1, 0.15) is 5.56 Å². The molecule has 0 fully saturated rings. The fraction of sp³-hybridized carbons (Fsp3) is 0.273. The van der Waals surface area contributed by atoms with Gasteiger partial charge in [0.1, 0.15) is 0 Å². The van der Waals surface area contributed by atoms with Crippen molar-refractivity contribution in [1.82, 2.24) is 14.3 Å². The van der Waals surface area contributed by atoms with Gasteiger partial charge in [0.15, 0.2) is 0 Å². The molecule has 0 atom stereocenters. The highest BCUT2D eigenvalue weighted by Gasteiger charge is 2.23. The number of rotatable bonds is 3. The van der Waals surface area contributed by atoms with E-state index >= 15 is 0 Å². The Morgan fingerprint density at radius 3 is 2.00 bits per heavy atom. The van der Waals surface area contributed by atoms with Crippen LogP contribution in [0, 0.1) is 6.92 Å². The summed E-state index contributed by atoms with van der Waals surface area (Å²) >= 11 is 0. The normalized spacial score (nSPS) is 11.6. The first-order chi connectivity index (χ1) is 9.93. The van der Waals surface area contributed by atoms with Crippen molar-refractivity contribution in [2.75, 3.05) is 13.3 Å². The van der Waals surface area contributed by atoms with E-state index in [1.54, 1.807) is 17.0 Å². The van der Waals surface area contributed by atoms with Crippen molar-refractivity contribution in [2.24, 2.45) is 0 Å². The zero-order valence-electron chi connectivity index (χ0n) is 12.0. The van der Waals surface area contributed by atoms with Gasteiger partial charge in [0.05, 0.1) is 11.2 Å². The second kappa shape index (κ2) is 6.32. The number of imide groups is 1. The number of aryl methyl sites for hydroxylation is 1. The van der Waals surface area contributed by atoms with Crippen LogP contribution in [0.2, 0.25) is 0 Å². The van der Waals surface area contributed by atoms with Gasteiger partial charge in [0.25, 0.3) is 10.0 Å². The number of amides is 4. The van der Waals surface area contributed by atoms with Crippen molar-refractivity contribution in [2.45, 2.75) is 11.8 Å². The molecule has 4 amide bonds. The first-order valence-corrected chi connectivity index (χ1v) is 9.15. The van der Waals surface area contributed by atoms with Gasteiger partial charge in [-0.05, 0) is 19.1 Å². The zero-order valence-corrected chi connectivity index (χ0v) is 13.7. The lowest BCUT2D eigenvalue weighted by molar-refractivity contribution is 0.221. The Morgan fingerprint density at radius 2 is 1.55 bits per heavy atom. The number of urea groups is 2. The Bertz CT molecular complexity index is 784. The molecular formula is C11H15N3O6S2. The smallest absolute Gasteiger partial charge is 0.258 e. The summed E-state index contributed by atoms with van der Waals surface area (Å²) in [6.07, 6.45) is 0.757. The monoisotopic (exact) mass is 349 g/mol. The van der Waals surface area contributed by atoms with Crippen molar-refractivity contribution >= 4 is 32.1 Å². The first-order valence-electron chi connectivity index (χ1n) is 5.82. The summed E-state index contributed by atoms with van der Waals surface area (Å²) in [5, 5.41) is 1.60. The van der Waals surface area contributed by atoms with Gasteiger partial charge in [-0.15, -0.1) is 0 Å². The minimum absolute atomic E-state index is 0.169. The Hall–Kier alpha value is -2.14. The fourth-order valence-corrected chi connectivity index (χ4v) is 2.50. The maximum atomic E-state index is 11.9. The molecule has 1 rings (SSSR count). The third-order valence-corrected chi connectivity index (χ3v) is 5.07. The summed E-state index contributed by atoms with van der Waals surface area (Å²) in [6.45, 7) is 1.76. The molecule has 0 aliphatic heterocycles. The fourth-order valence-electron chi connectivity index (χ4n) is 1.25. The topological polar surface area (TPSA) is 130 Å². The van der Waals surface area contributed by atoms with E-state index in [2.05, 4.69) is 0 Å². The number of sulfonamides is 2. The second-order valence-corrected chi connectivity index (χ2v) is 8.10.